The first-order valence-corrected chi connectivity index (χ1v) is 9.65. The highest BCUT2D eigenvalue weighted by molar-refractivity contribution is 5.74. The fourth-order valence-electron chi connectivity index (χ4n) is 3.41. The van der Waals surface area contributed by atoms with Crippen LogP contribution in [0.25, 0.3) is 0 Å². The number of carbonyl (C=O) groups is 1. The normalized spacial score (nSPS) is 15.3. The number of hydrogen-bond acceptors (Lipinski definition) is 2. The van der Waals surface area contributed by atoms with E-state index < -0.39 is 17.7 Å². The SMILES string of the molecule is CC(c1cc(F)ccc1F)N(C)C(=O)NCc1ccc(OC2CCCC2)cc1. The molecule has 1 aliphatic carbocycles. The van der Waals surface area contributed by atoms with Crippen molar-refractivity contribution in [2.45, 2.75) is 51.3 Å². The Labute approximate surface area is 164 Å². The van der Waals surface area contributed by atoms with Crippen molar-refractivity contribution in [1.82, 2.24) is 10.2 Å². The van der Waals surface area contributed by atoms with Crippen molar-refractivity contribution in [1.29, 1.82) is 0 Å². The average molecular weight is 388 g/mol. The lowest BCUT2D eigenvalue weighted by atomic mass is 10.1. The zero-order valence-corrected chi connectivity index (χ0v) is 16.3. The van der Waals surface area contributed by atoms with Crippen molar-refractivity contribution in [2.24, 2.45) is 0 Å². The molecule has 28 heavy (non-hydrogen) atoms. The van der Waals surface area contributed by atoms with Crippen molar-refractivity contribution in [3.05, 3.63) is 65.2 Å². The van der Waals surface area contributed by atoms with E-state index in [1.165, 1.54) is 17.7 Å². The lowest BCUT2D eigenvalue weighted by Gasteiger charge is -2.26. The zero-order chi connectivity index (χ0) is 20.1. The summed E-state index contributed by atoms with van der Waals surface area (Å²) in [5.74, 6) is -0.224. The zero-order valence-electron chi connectivity index (χ0n) is 16.3. The Bertz CT molecular complexity index is 805. The van der Waals surface area contributed by atoms with Crippen LogP contribution < -0.4 is 10.1 Å². The van der Waals surface area contributed by atoms with Gasteiger partial charge in [0, 0.05) is 19.2 Å². The number of urea groups is 1. The molecule has 150 valence electrons. The van der Waals surface area contributed by atoms with Crippen molar-refractivity contribution < 1.29 is 18.3 Å². The van der Waals surface area contributed by atoms with Gasteiger partial charge in [0.1, 0.15) is 17.4 Å². The van der Waals surface area contributed by atoms with Gasteiger partial charge in [-0.3, -0.25) is 0 Å². The number of rotatable bonds is 6. The number of nitrogens with zero attached hydrogens (tertiary/aromatic N) is 1. The molecule has 0 spiro atoms. The van der Waals surface area contributed by atoms with Gasteiger partial charge in [0.2, 0.25) is 0 Å². The van der Waals surface area contributed by atoms with Crippen LogP contribution in [0.15, 0.2) is 42.5 Å². The van der Waals surface area contributed by atoms with Gasteiger partial charge < -0.3 is 15.0 Å². The predicted molar refractivity (Wildman–Crippen MR) is 104 cm³/mol. The Hall–Kier alpha value is -2.63. The third-order valence-corrected chi connectivity index (χ3v) is 5.28. The Kier molecular flexibility index (Phi) is 6.49. The molecule has 1 saturated carbocycles. The van der Waals surface area contributed by atoms with Crippen LogP contribution in [-0.2, 0) is 6.54 Å². The van der Waals surface area contributed by atoms with E-state index in [-0.39, 0.29) is 11.6 Å². The van der Waals surface area contributed by atoms with Gasteiger partial charge in [0.05, 0.1) is 12.1 Å². The molecule has 3 rings (SSSR count). The molecule has 4 nitrogen and oxygen atoms in total. The Morgan fingerprint density at radius 2 is 1.86 bits per heavy atom. The van der Waals surface area contributed by atoms with Crippen LogP contribution in [-0.4, -0.2) is 24.1 Å². The molecular weight excluding hydrogens is 362 g/mol. The summed E-state index contributed by atoms with van der Waals surface area (Å²) in [5, 5.41) is 2.81. The number of nitrogens with one attached hydrogen (secondary N) is 1. The fourth-order valence-corrected chi connectivity index (χ4v) is 3.41. The first-order chi connectivity index (χ1) is 13.4. The maximum atomic E-state index is 13.9. The molecule has 2 aromatic rings. The van der Waals surface area contributed by atoms with Crippen LogP contribution in [0.5, 0.6) is 5.75 Å². The monoisotopic (exact) mass is 388 g/mol. The molecule has 2 aromatic carbocycles. The Morgan fingerprint density at radius 1 is 1.18 bits per heavy atom. The van der Waals surface area contributed by atoms with Gasteiger partial charge in [-0.25, -0.2) is 13.6 Å². The minimum absolute atomic E-state index is 0.145. The minimum Gasteiger partial charge on any atom is -0.490 e. The van der Waals surface area contributed by atoms with E-state index in [1.807, 2.05) is 24.3 Å². The Morgan fingerprint density at radius 3 is 2.54 bits per heavy atom. The number of hydrogen-bond donors (Lipinski definition) is 1. The summed E-state index contributed by atoms with van der Waals surface area (Å²) in [6.45, 7) is 2.00. The molecule has 0 bridgehead atoms. The first kappa shape index (κ1) is 20.1. The van der Waals surface area contributed by atoms with Crippen LogP contribution in [0.3, 0.4) is 0 Å². The summed E-state index contributed by atoms with van der Waals surface area (Å²) in [7, 11) is 1.56. The van der Waals surface area contributed by atoms with Gasteiger partial charge in [-0.15, -0.1) is 0 Å². The largest absolute Gasteiger partial charge is 0.490 e. The maximum Gasteiger partial charge on any atom is 0.317 e. The number of halogens is 2. The molecule has 1 atom stereocenters. The van der Waals surface area contributed by atoms with E-state index in [0.717, 1.165) is 42.4 Å². The van der Waals surface area contributed by atoms with Crippen molar-refractivity contribution >= 4 is 6.03 Å². The molecule has 0 saturated heterocycles. The maximum absolute atomic E-state index is 13.9. The lowest BCUT2D eigenvalue weighted by Crippen LogP contribution is -2.38. The standard InChI is InChI=1S/C22H26F2N2O2/c1-15(20-13-17(23)9-12-21(20)24)26(2)22(27)25-14-16-7-10-19(11-8-16)28-18-5-3-4-6-18/h7-13,15,18H,3-6,14H2,1-2H3,(H,25,27). The molecule has 6 heteroatoms. The fraction of sp³-hybridized carbons (Fsp3) is 0.409. The van der Waals surface area contributed by atoms with Gasteiger partial charge in [-0.1, -0.05) is 12.1 Å². The van der Waals surface area contributed by atoms with Crippen LogP contribution in [0.2, 0.25) is 0 Å². The quantitative estimate of drug-likeness (QED) is 0.740. The summed E-state index contributed by atoms with van der Waals surface area (Å²) in [5.41, 5.74) is 1.08. The lowest BCUT2D eigenvalue weighted by molar-refractivity contribution is 0.193. The van der Waals surface area contributed by atoms with Crippen LogP contribution in [0.1, 0.15) is 49.8 Å². The number of amides is 2. The summed E-state index contributed by atoms with van der Waals surface area (Å²) in [6, 6.07) is 9.95. The van der Waals surface area contributed by atoms with Crippen molar-refractivity contribution in [3.8, 4) is 5.75 Å². The third-order valence-electron chi connectivity index (χ3n) is 5.28. The second kappa shape index (κ2) is 9.04. The smallest absolute Gasteiger partial charge is 0.317 e. The summed E-state index contributed by atoms with van der Waals surface area (Å²) in [6.07, 6.45) is 4.96. The van der Waals surface area contributed by atoms with Crippen LogP contribution in [0, 0.1) is 11.6 Å². The van der Waals surface area contributed by atoms with Gasteiger partial charge in [-0.2, -0.15) is 0 Å². The second-order valence-corrected chi connectivity index (χ2v) is 7.28. The molecular formula is C22H26F2N2O2. The van der Waals surface area contributed by atoms with E-state index in [9.17, 15) is 13.6 Å². The minimum atomic E-state index is -0.599. The average Bonchev–Trinajstić information content (AvgIpc) is 3.21. The predicted octanol–water partition coefficient (Wildman–Crippen LogP) is 5.19. The molecule has 1 N–H and O–H groups in total. The van der Waals surface area contributed by atoms with Gasteiger partial charge in [0.25, 0.3) is 0 Å². The summed E-state index contributed by atoms with van der Waals surface area (Å²) < 4.78 is 33.3. The molecule has 2 amide bonds. The number of ether oxygens (including phenoxy) is 1. The Balaban J connectivity index is 1.53. The molecule has 0 radical (unpaired) electrons. The molecule has 0 aromatic heterocycles. The van der Waals surface area contributed by atoms with E-state index >= 15 is 0 Å². The first-order valence-electron chi connectivity index (χ1n) is 9.65. The van der Waals surface area contributed by atoms with Crippen molar-refractivity contribution in [3.63, 3.8) is 0 Å². The van der Waals surface area contributed by atoms with Gasteiger partial charge >= 0.3 is 6.03 Å². The van der Waals surface area contributed by atoms with Gasteiger partial charge in [-0.05, 0) is 68.5 Å². The number of benzene rings is 2. The van der Waals surface area contributed by atoms with Crippen molar-refractivity contribution in [2.75, 3.05) is 7.05 Å². The molecule has 0 heterocycles. The molecule has 1 fully saturated rings. The number of carbonyl (C=O) groups excluding carboxylic acids is 1. The highest BCUT2D eigenvalue weighted by Crippen LogP contribution is 2.25. The molecule has 1 unspecified atom stereocenters. The van der Waals surface area contributed by atoms with E-state index in [2.05, 4.69) is 5.32 Å². The molecule has 0 aliphatic heterocycles. The third kappa shape index (κ3) is 5.00. The highest BCUT2D eigenvalue weighted by Gasteiger charge is 2.21. The van der Waals surface area contributed by atoms with Gasteiger partial charge in [0.15, 0.2) is 0 Å². The van der Waals surface area contributed by atoms with E-state index in [4.69, 9.17) is 4.74 Å². The highest BCUT2D eigenvalue weighted by atomic mass is 19.1. The van der Waals surface area contributed by atoms with E-state index in [1.54, 1.807) is 14.0 Å². The summed E-state index contributed by atoms with van der Waals surface area (Å²) >= 11 is 0. The second-order valence-electron chi connectivity index (χ2n) is 7.28. The topological polar surface area (TPSA) is 41.6 Å². The van der Waals surface area contributed by atoms with E-state index in [0.29, 0.717) is 12.6 Å². The summed E-state index contributed by atoms with van der Waals surface area (Å²) in [4.78, 5) is 13.8. The molecule has 1 aliphatic rings. The van der Waals surface area contributed by atoms with Crippen LogP contribution >= 0.6 is 0 Å². The van der Waals surface area contributed by atoms with Crippen LogP contribution in [0.4, 0.5) is 13.6 Å².